The summed E-state index contributed by atoms with van der Waals surface area (Å²) in [5, 5.41) is 12.8. The van der Waals surface area contributed by atoms with Crippen molar-refractivity contribution in [1.29, 1.82) is 0 Å². The lowest BCUT2D eigenvalue weighted by atomic mass is 10.4. The highest BCUT2D eigenvalue weighted by Gasteiger charge is 2.04. The molecule has 6 nitrogen and oxygen atoms in total. The van der Waals surface area contributed by atoms with Crippen LogP contribution in [0.15, 0.2) is 18.3 Å². The number of nitrogens with two attached hydrogens (primary N) is 1. The predicted molar refractivity (Wildman–Crippen MR) is 51.3 cm³/mol. The number of pyridine rings is 1. The van der Waals surface area contributed by atoms with E-state index in [0.29, 0.717) is 5.82 Å². The molecule has 0 unspecified atom stereocenters. The quantitative estimate of drug-likeness (QED) is 0.411. The minimum Gasteiger partial charge on any atom is -0.376 e. The van der Waals surface area contributed by atoms with Crippen LogP contribution in [0.3, 0.4) is 0 Å². The largest absolute Gasteiger partial charge is 0.376 e. The van der Waals surface area contributed by atoms with Crippen molar-refractivity contribution in [2.45, 2.75) is 0 Å². The maximum absolute atomic E-state index is 10.2. The number of hydrogen-bond donors (Lipinski definition) is 2. The topological polar surface area (TPSA) is 94.1 Å². The summed E-state index contributed by atoms with van der Waals surface area (Å²) in [5.41, 5.74) is 5.09. The van der Waals surface area contributed by atoms with E-state index in [-0.39, 0.29) is 10.8 Å². The Morgan fingerprint density at radius 3 is 2.77 bits per heavy atom. The van der Waals surface area contributed by atoms with Gasteiger partial charge < -0.3 is 11.1 Å². The third kappa shape index (κ3) is 2.64. The van der Waals surface area contributed by atoms with Gasteiger partial charge in [0, 0.05) is 6.07 Å². The first-order valence-electron chi connectivity index (χ1n) is 3.26. The molecule has 0 radical (unpaired) electrons. The molecular formula is C6H6N4O2S. The Morgan fingerprint density at radius 2 is 2.38 bits per heavy atom. The van der Waals surface area contributed by atoms with Gasteiger partial charge in [-0.1, -0.05) is 0 Å². The SMILES string of the molecule is NC(=S)Nc1ccc([N+](=O)[O-])cn1. The van der Waals surface area contributed by atoms with Crippen LogP contribution in [0.2, 0.25) is 0 Å². The number of nitrogens with one attached hydrogen (secondary N) is 1. The van der Waals surface area contributed by atoms with Crippen LogP contribution < -0.4 is 11.1 Å². The highest BCUT2D eigenvalue weighted by Crippen LogP contribution is 2.11. The van der Waals surface area contributed by atoms with Crippen molar-refractivity contribution in [3.63, 3.8) is 0 Å². The molecule has 0 aliphatic rings. The van der Waals surface area contributed by atoms with E-state index >= 15 is 0 Å². The molecule has 1 aromatic heterocycles. The summed E-state index contributed by atoms with van der Waals surface area (Å²) in [6.45, 7) is 0. The van der Waals surface area contributed by atoms with Gasteiger partial charge in [0.05, 0.1) is 4.92 Å². The van der Waals surface area contributed by atoms with E-state index in [4.69, 9.17) is 5.73 Å². The van der Waals surface area contributed by atoms with Crippen LogP contribution in [0.1, 0.15) is 0 Å². The molecule has 0 saturated heterocycles. The molecule has 0 aliphatic carbocycles. The van der Waals surface area contributed by atoms with Crippen molar-refractivity contribution in [3.05, 3.63) is 28.4 Å². The maximum Gasteiger partial charge on any atom is 0.287 e. The van der Waals surface area contributed by atoms with Crippen LogP contribution in [-0.2, 0) is 0 Å². The van der Waals surface area contributed by atoms with Crippen molar-refractivity contribution in [3.8, 4) is 0 Å². The average molecular weight is 198 g/mol. The van der Waals surface area contributed by atoms with E-state index in [0.717, 1.165) is 6.20 Å². The molecule has 0 aromatic carbocycles. The van der Waals surface area contributed by atoms with Crippen molar-refractivity contribution in [1.82, 2.24) is 4.98 Å². The Labute approximate surface area is 78.9 Å². The van der Waals surface area contributed by atoms with Gasteiger partial charge in [-0.3, -0.25) is 10.1 Å². The molecule has 1 heterocycles. The van der Waals surface area contributed by atoms with Gasteiger partial charge in [0.1, 0.15) is 12.0 Å². The van der Waals surface area contributed by atoms with Gasteiger partial charge in [0.15, 0.2) is 5.11 Å². The van der Waals surface area contributed by atoms with E-state index in [1.165, 1.54) is 12.1 Å². The molecule has 1 aromatic rings. The van der Waals surface area contributed by atoms with Crippen LogP contribution >= 0.6 is 12.2 Å². The fraction of sp³-hybridized carbons (Fsp3) is 0. The predicted octanol–water partition coefficient (Wildman–Crippen LogP) is 0.645. The molecule has 0 atom stereocenters. The first-order valence-corrected chi connectivity index (χ1v) is 3.67. The standard InChI is InChI=1S/C6H6N4O2S/c7-6(13)9-5-2-1-4(3-8-5)10(11)12/h1-3H,(H3,7,8,9,13). The van der Waals surface area contributed by atoms with Crippen molar-refractivity contribution < 1.29 is 4.92 Å². The number of hydrogen-bond acceptors (Lipinski definition) is 4. The second-order valence-electron chi connectivity index (χ2n) is 2.15. The molecule has 0 spiro atoms. The van der Waals surface area contributed by atoms with E-state index in [2.05, 4.69) is 22.5 Å². The van der Waals surface area contributed by atoms with Crippen LogP contribution in [0.25, 0.3) is 0 Å². The lowest BCUT2D eigenvalue weighted by Crippen LogP contribution is -2.19. The molecule has 0 aliphatic heterocycles. The molecule has 0 amide bonds. The van der Waals surface area contributed by atoms with Crippen molar-refractivity contribution in [2.75, 3.05) is 5.32 Å². The lowest BCUT2D eigenvalue weighted by Gasteiger charge is -2.00. The zero-order valence-corrected chi connectivity index (χ0v) is 7.25. The summed E-state index contributed by atoms with van der Waals surface area (Å²) < 4.78 is 0. The Hall–Kier alpha value is -1.76. The Kier molecular flexibility index (Phi) is 2.70. The number of anilines is 1. The van der Waals surface area contributed by atoms with Gasteiger partial charge in [-0.05, 0) is 18.3 Å². The number of aromatic nitrogens is 1. The number of thiocarbonyl (C=S) groups is 1. The smallest absolute Gasteiger partial charge is 0.287 e. The van der Waals surface area contributed by atoms with Gasteiger partial charge in [-0.15, -0.1) is 0 Å². The molecule has 0 fully saturated rings. The second-order valence-corrected chi connectivity index (χ2v) is 2.59. The molecular weight excluding hydrogens is 192 g/mol. The lowest BCUT2D eigenvalue weighted by molar-refractivity contribution is -0.385. The molecule has 1 rings (SSSR count). The zero-order chi connectivity index (χ0) is 9.84. The van der Waals surface area contributed by atoms with Gasteiger partial charge in [-0.25, -0.2) is 4.98 Å². The van der Waals surface area contributed by atoms with Crippen LogP contribution in [-0.4, -0.2) is 15.0 Å². The monoisotopic (exact) mass is 198 g/mol. The minimum atomic E-state index is -0.530. The summed E-state index contributed by atoms with van der Waals surface area (Å²) in [6.07, 6.45) is 1.13. The molecule has 3 N–H and O–H groups in total. The average Bonchev–Trinajstić information content (AvgIpc) is 2.04. The molecule has 0 saturated carbocycles. The van der Waals surface area contributed by atoms with E-state index in [1.54, 1.807) is 0 Å². The van der Waals surface area contributed by atoms with Crippen LogP contribution in [0, 0.1) is 10.1 Å². The highest BCUT2D eigenvalue weighted by molar-refractivity contribution is 7.80. The highest BCUT2D eigenvalue weighted by atomic mass is 32.1. The summed E-state index contributed by atoms with van der Waals surface area (Å²) >= 11 is 4.55. The second kappa shape index (κ2) is 3.76. The normalized spacial score (nSPS) is 9.23. The summed E-state index contributed by atoms with van der Waals surface area (Å²) in [5.74, 6) is 0.387. The number of nitrogens with zero attached hydrogens (tertiary/aromatic N) is 2. The molecule has 68 valence electrons. The van der Waals surface area contributed by atoms with Crippen molar-refractivity contribution in [2.24, 2.45) is 5.73 Å². The fourth-order valence-corrected chi connectivity index (χ4v) is 0.799. The van der Waals surface area contributed by atoms with Gasteiger partial charge >= 0.3 is 0 Å². The van der Waals surface area contributed by atoms with Gasteiger partial charge in [-0.2, -0.15) is 0 Å². The zero-order valence-electron chi connectivity index (χ0n) is 6.43. The Balaban J connectivity index is 2.81. The van der Waals surface area contributed by atoms with Crippen LogP contribution in [0.5, 0.6) is 0 Å². The van der Waals surface area contributed by atoms with E-state index in [1.807, 2.05) is 0 Å². The van der Waals surface area contributed by atoms with E-state index < -0.39 is 4.92 Å². The fourth-order valence-electron chi connectivity index (χ4n) is 0.694. The molecule has 7 heteroatoms. The number of rotatable bonds is 2. The summed E-state index contributed by atoms with van der Waals surface area (Å²) in [7, 11) is 0. The molecule has 0 bridgehead atoms. The summed E-state index contributed by atoms with van der Waals surface area (Å²) in [4.78, 5) is 13.4. The van der Waals surface area contributed by atoms with Crippen LogP contribution in [0.4, 0.5) is 11.5 Å². The maximum atomic E-state index is 10.2. The van der Waals surface area contributed by atoms with Gasteiger partial charge in [0.2, 0.25) is 0 Å². The summed E-state index contributed by atoms with van der Waals surface area (Å²) in [6, 6.07) is 2.74. The molecule has 13 heavy (non-hydrogen) atoms. The third-order valence-electron chi connectivity index (χ3n) is 1.21. The first-order chi connectivity index (χ1) is 6.09. The number of nitro groups is 1. The van der Waals surface area contributed by atoms with Gasteiger partial charge in [0.25, 0.3) is 5.69 Å². The Bertz CT molecular complexity index is 337. The third-order valence-corrected chi connectivity index (χ3v) is 1.31. The minimum absolute atomic E-state index is 0.0707. The van der Waals surface area contributed by atoms with E-state index in [9.17, 15) is 10.1 Å². The Morgan fingerprint density at radius 1 is 1.69 bits per heavy atom. The van der Waals surface area contributed by atoms with Crippen molar-refractivity contribution >= 4 is 28.8 Å². The first kappa shape index (κ1) is 9.33.